The molecule has 1 aliphatic heterocycles. The van der Waals surface area contributed by atoms with Crippen molar-refractivity contribution >= 4 is 17.2 Å². The van der Waals surface area contributed by atoms with E-state index in [1.807, 2.05) is 37.3 Å². The first kappa shape index (κ1) is 10.8. The lowest BCUT2D eigenvalue weighted by Crippen LogP contribution is -2.19. The predicted molar refractivity (Wildman–Crippen MR) is 76.8 cm³/mol. The molecule has 0 fully saturated rings. The van der Waals surface area contributed by atoms with Crippen molar-refractivity contribution in [3.8, 4) is 11.1 Å². The lowest BCUT2D eigenvalue weighted by Gasteiger charge is -2.18. The van der Waals surface area contributed by atoms with Crippen molar-refractivity contribution in [2.45, 2.75) is 6.92 Å². The summed E-state index contributed by atoms with van der Waals surface area (Å²) in [6, 6.07) is 16.4. The molecule has 18 heavy (non-hydrogen) atoms. The lowest BCUT2D eigenvalue weighted by atomic mass is 9.96. The molecule has 0 spiro atoms. The van der Waals surface area contributed by atoms with Crippen molar-refractivity contribution in [1.29, 1.82) is 0 Å². The van der Waals surface area contributed by atoms with E-state index in [9.17, 15) is 0 Å². The molecule has 0 amide bonds. The summed E-state index contributed by atoms with van der Waals surface area (Å²) in [6.45, 7) is 6.04. The molecule has 0 saturated carbocycles. The molecule has 1 N–H and O–H groups in total. The van der Waals surface area contributed by atoms with Gasteiger partial charge in [-0.1, -0.05) is 49.0 Å². The molecule has 0 unspecified atom stereocenters. The second-order valence-corrected chi connectivity index (χ2v) is 4.36. The summed E-state index contributed by atoms with van der Waals surface area (Å²) in [5, 5.41) is 3.23. The zero-order chi connectivity index (χ0) is 12.5. The molecule has 2 aromatic carbocycles. The van der Waals surface area contributed by atoms with E-state index in [0.717, 1.165) is 28.3 Å². The summed E-state index contributed by atoms with van der Waals surface area (Å²) in [7, 11) is 0. The number of nitrogens with one attached hydrogen (secondary N) is 1. The van der Waals surface area contributed by atoms with Gasteiger partial charge in [0.15, 0.2) is 0 Å². The van der Waals surface area contributed by atoms with Gasteiger partial charge in [-0.15, -0.1) is 0 Å². The Kier molecular flexibility index (Phi) is 2.49. The second-order valence-electron chi connectivity index (χ2n) is 4.36. The number of fused-ring (bicyclic) bond motifs is 3. The largest absolute Gasteiger partial charge is 0.344 e. The molecule has 2 nitrogen and oxygen atoms in total. The molecule has 3 rings (SSSR count). The van der Waals surface area contributed by atoms with E-state index < -0.39 is 0 Å². The van der Waals surface area contributed by atoms with E-state index in [4.69, 9.17) is 0 Å². The molecule has 1 aliphatic rings. The third-order valence-electron chi connectivity index (χ3n) is 3.07. The Balaban J connectivity index is 2.35. The van der Waals surface area contributed by atoms with Gasteiger partial charge in [-0.25, -0.2) is 4.99 Å². The Hall–Kier alpha value is -2.35. The highest BCUT2D eigenvalue weighted by atomic mass is 15.0. The summed E-state index contributed by atoms with van der Waals surface area (Å²) >= 11 is 0. The van der Waals surface area contributed by atoms with Crippen molar-refractivity contribution in [3.63, 3.8) is 0 Å². The minimum Gasteiger partial charge on any atom is -0.344 e. The quantitative estimate of drug-likeness (QED) is 0.732. The van der Waals surface area contributed by atoms with Gasteiger partial charge < -0.3 is 5.32 Å². The summed E-state index contributed by atoms with van der Waals surface area (Å²) in [4.78, 5) is 4.59. The van der Waals surface area contributed by atoms with E-state index in [2.05, 4.69) is 35.1 Å². The van der Waals surface area contributed by atoms with Crippen LogP contribution in [0.3, 0.4) is 0 Å². The number of aliphatic imine (C=N–C) groups is 1. The minimum atomic E-state index is 0.863. The maximum atomic E-state index is 4.59. The van der Waals surface area contributed by atoms with E-state index in [1.165, 1.54) is 5.56 Å². The summed E-state index contributed by atoms with van der Waals surface area (Å²) in [5.74, 6) is 0.863. The van der Waals surface area contributed by atoms with Gasteiger partial charge >= 0.3 is 0 Å². The molecule has 0 saturated heterocycles. The molecule has 0 aliphatic carbocycles. The van der Waals surface area contributed by atoms with Crippen LogP contribution in [0.2, 0.25) is 0 Å². The van der Waals surface area contributed by atoms with Gasteiger partial charge in [0.1, 0.15) is 5.84 Å². The van der Waals surface area contributed by atoms with Crippen LogP contribution in [0, 0.1) is 0 Å². The zero-order valence-corrected chi connectivity index (χ0v) is 10.3. The third-order valence-corrected chi connectivity index (χ3v) is 3.07. The van der Waals surface area contributed by atoms with Crippen molar-refractivity contribution in [2.24, 2.45) is 4.99 Å². The van der Waals surface area contributed by atoms with E-state index in [0.29, 0.717) is 0 Å². The van der Waals surface area contributed by atoms with Crippen LogP contribution < -0.4 is 5.32 Å². The van der Waals surface area contributed by atoms with Gasteiger partial charge in [-0.3, -0.25) is 0 Å². The van der Waals surface area contributed by atoms with Gasteiger partial charge in [-0.05, 0) is 18.6 Å². The third kappa shape index (κ3) is 1.72. The fourth-order valence-corrected chi connectivity index (χ4v) is 2.27. The SMILES string of the molecule is C=C1NC(C)=Nc2ccccc2-c2ccccc21. The van der Waals surface area contributed by atoms with Crippen molar-refractivity contribution in [2.75, 3.05) is 0 Å². The van der Waals surface area contributed by atoms with Crippen LogP contribution >= 0.6 is 0 Å². The standard InChI is InChI=1S/C16H14N2/c1-11-13-7-3-4-8-14(13)15-9-5-6-10-16(15)18-12(2)17-11/h3-10H,1H2,2H3,(H,17,18). The molecule has 0 radical (unpaired) electrons. The minimum absolute atomic E-state index is 0.863. The Bertz CT molecular complexity index is 654. The molecular weight excluding hydrogens is 220 g/mol. The predicted octanol–water partition coefficient (Wildman–Crippen LogP) is 3.98. The van der Waals surface area contributed by atoms with Gasteiger partial charge in [0.2, 0.25) is 0 Å². The molecule has 1 heterocycles. The van der Waals surface area contributed by atoms with Crippen LogP contribution in [0.25, 0.3) is 16.8 Å². The molecule has 2 heteroatoms. The van der Waals surface area contributed by atoms with Crippen LogP contribution in [-0.2, 0) is 0 Å². The number of hydrogen-bond donors (Lipinski definition) is 1. The van der Waals surface area contributed by atoms with Crippen molar-refractivity contribution < 1.29 is 0 Å². The number of rotatable bonds is 0. The van der Waals surface area contributed by atoms with Crippen LogP contribution in [-0.4, -0.2) is 5.84 Å². The number of benzene rings is 2. The van der Waals surface area contributed by atoms with Crippen LogP contribution in [0.4, 0.5) is 5.69 Å². The van der Waals surface area contributed by atoms with E-state index in [1.54, 1.807) is 0 Å². The van der Waals surface area contributed by atoms with Crippen LogP contribution in [0.15, 0.2) is 60.1 Å². The average molecular weight is 234 g/mol. The van der Waals surface area contributed by atoms with E-state index in [-0.39, 0.29) is 0 Å². The fraction of sp³-hybridized carbons (Fsp3) is 0.0625. The molecule has 0 bridgehead atoms. The highest BCUT2D eigenvalue weighted by Gasteiger charge is 2.13. The van der Waals surface area contributed by atoms with Gasteiger partial charge in [0.25, 0.3) is 0 Å². The first-order valence-corrected chi connectivity index (χ1v) is 5.96. The summed E-state index contributed by atoms with van der Waals surface area (Å²) in [6.07, 6.45) is 0. The Morgan fingerprint density at radius 2 is 1.50 bits per heavy atom. The lowest BCUT2D eigenvalue weighted by molar-refractivity contribution is 1.24. The maximum Gasteiger partial charge on any atom is 0.103 e. The molecular formula is C16H14N2. The summed E-state index contributed by atoms with van der Waals surface area (Å²) < 4.78 is 0. The van der Waals surface area contributed by atoms with Gasteiger partial charge in [0, 0.05) is 16.8 Å². The van der Waals surface area contributed by atoms with Crippen LogP contribution in [0.5, 0.6) is 0 Å². The smallest absolute Gasteiger partial charge is 0.103 e. The molecule has 2 aromatic rings. The molecule has 88 valence electrons. The highest BCUT2D eigenvalue weighted by Crippen LogP contribution is 2.35. The maximum absolute atomic E-state index is 4.59. The van der Waals surface area contributed by atoms with E-state index >= 15 is 0 Å². The first-order valence-electron chi connectivity index (χ1n) is 5.96. The number of para-hydroxylation sites is 1. The molecule has 0 atom stereocenters. The van der Waals surface area contributed by atoms with Gasteiger partial charge in [0.05, 0.1) is 5.69 Å². The first-order chi connectivity index (χ1) is 8.75. The fourth-order valence-electron chi connectivity index (χ4n) is 2.27. The average Bonchev–Trinajstić information content (AvgIpc) is 2.38. The second kappa shape index (κ2) is 4.15. The number of nitrogens with zero attached hydrogens (tertiary/aromatic N) is 1. The molecule has 0 aromatic heterocycles. The van der Waals surface area contributed by atoms with Gasteiger partial charge in [-0.2, -0.15) is 0 Å². The van der Waals surface area contributed by atoms with Crippen LogP contribution in [0.1, 0.15) is 12.5 Å². The van der Waals surface area contributed by atoms with Crippen molar-refractivity contribution in [3.05, 3.63) is 60.7 Å². The number of hydrogen-bond acceptors (Lipinski definition) is 2. The Morgan fingerprint density at radius 1 is 0.889 bits per heavy atom. The Labute approximate surface area is 107 Å². The van der Waals surface area contributed by atoms with Crippen molar-refractivity contribution in [1.82, 2.24) is 5.32 Å². The monoisotopic (exact) mass is 234 g/mol. The number of amidine groups is 1. The zero-order valence-electron chi connectivity index (χ0n) is 10.3. The summed E-state index contributed by atoms with van der Waals surface area (Å²) in [5.41, 5.74) is 5.32. The Morgan fingerprint density at radius 3 is 2.28 bits per heavy atom. The topological polar surface area (TPSA) is 24.4 Å². The highest BCUT2D eigenvalue weighted by molar-refractivity contribution is 5.97. The normalized spacial score (nSPS) is 13.6.